The standard InChI is InChI=1S/C16H18N2O3/c19-14(18-16(15(20)21)7-1-8-16)5-3-11-2-4-13-12(10-11)6-9-17-13/h2,4,6,9-10,17H,1,3,5,7-8H2,(H,18,19)(H,20,21). The summed E-state index contributed by atoms with van der Waals surface area (Å²) in [7, 11) is 0. The Kier molecular flexibility index (Phi) is 3.41. The molecule has 0 aliphatic heterocycles. The Bertz CT molecular complexity index is 686. The van der Waals surface area contributed by atoms with E-state index in [0.29, 0.717) is 25.7 Å². The van der Waals surface area contributed by atoms with E-state index in [-0.39, 0.29) is 5.91 Å². The number of rotatable bonds is 5. The molecule has 0 radical (unpaired) electrons. The fourth-order valence-corrected chi connectivity index (χ4v) is 2.77. The van der Waals surface area contributed by atoms with Crippen LogP contribution in [0.1, 0.15) is 31.2 Å². The largest absolute Gasteiger partial charge is 0.480 e. The first-order valence-electron chi connectivity index (χ1n) is 7.19. The van der Waals surface area contributed by atoms with Crippen LogP contribution in [0, 0.1) is 0 Å². The number of amides is 1. The molecule has 1 aromatic heterocycles. The topological polar surface area (TPSA) is 82.2 Å². The number of fused-ring (bicyclic) bond motifs is 1. The summed E-state index contributed by atoms with van der Waals surface area (Å²) in [6, 6.07) is 8.03. The number of aliphatic carboxylic acids is 1. The first-order chi connectivity index (χ1) is 10.1. The molecule has 0 unspecified atom stereocenters. The molecule has 1 saturated carbocycles. The molecule has 5 heteroatoms. The van der Waals surface area contributed by atoms with Crippen LogP contribution in [-0.2, 0) is 16.0 Å². The summed E-state index contributed by atoms with van der Waals surface area (Å²) >= 11 is 0. The van der Waals surface area contributed by atoms with Crippen molar-refractivity contribution in [3.63, 3.8) is 0 Å². The molecule has 0 saturated heterocycles. The maximum absolute atomic E-state index is 12.0. The van der Waals surface area contributed by atoms with Gasteiger partial charge >= 0.3 is 5.97 Å². The zero-order chi connectivity index (χ0) is 14.9. The Morgan fingerprint density at radius 3 is 2.76 bits per heavy atom. The molecule has 3 rings (SSSR count). The monoisotopic (exact) mass is 286 g/mol. The predicted octanol–water partition coefficient (Wildman–Crippen LogP) is 2.22. The van der Waals surface area contributed by atoms with Crippen molar-refractivity contribution in [3.05, 3.63) is 36.0 Å². The molecule has 1 aromatic carbocycles. The van der Waals surface area contributed by atoms with Crippen molar-refractivity contribution in [2.24, 2.45) is 0 Å². The number of aromatic amines is 1. The molecule has 110 valence electrons. The zero-order valence-electron chi connectivity index (χ0n) is 11.7. The van der Waals surface area contributed by atoms with Crippen LogP contribution in [0.2, 0.25) is 0 Å². The van der Waals surface area contributed by atoms with Gasteiger partial charge in [-0.05, 0) is 54.8 Å². The molecule has 0 atom stereocenters. The third-order valence-electron chi connectivity index (χ3n) is 4.25. The van der Waals surface area contributed by atoms with Gasteiger partial charge in [-0.3, -0.25) is 4.79 Å². The van der Waals surface area contributed by atoms with E-state index in [1.807, 2.05) is 24.4 Å². The van der Waals surface area contributed by atoms with Gasteiger partial charge in [-0.2, -0.15) is 0 Å². The molecule has 1 amide bonds. The molecule has 3 N–H and O–H groups in total. The maximum Gasteiger partial charge on any atom is 0.329 e. The first kappa shape index (κ1) is 13.7. The van der Waals surface area contributed by atoms with Crippen molar-refractivity contribution in [1.29, 1.82) is 0 Å². The number of benzene rings is 1. The van der Waals surface area contributed by atoms with E-state index in [1.165, 1.54) is 0 Å². The normalized spacial score (nSPS) is 16.4. The number of H-pyrrole nitrogens is 1. The lowest BCUT2D eigenvalue weighted by atomic mass is 9.76. The minimum atomic E-state index is -1.01. The van der Waals surface area contributed by atoms with Crippen molar-refractivity contribution in [2.75, 3.05) is 0 Å². The van der Waals surface area contributed by atoms with Crippen LogP contribution in [0.4, 0.5) is 0 Å². The van der Waals surface area contributed by atoms with Crippen molar-refractivity contribution in [1.82, 2.24) is 10.3 Å². The van der Waals surface area contributed by atoms with Crippen molar-refractivity contribution in [2.45, 2.75) is 37.6 Å². The van der Waals surface area contributed by atoms with E-state index in [2.05, 4.69) is 16.4 Å². The summed E-state index contributed by atoms with van der Waals surface area (Å²) in [6.07, 6.45) is 4.73. The van der Waals surface area contributed by atoms with Crippen molar-refractivity contribution in [3.8, 4) is 0 Å². The van der Waals surface area contributed by atoms with Crippen LogP contribution >= 0.6 is 0 Å². The molecule has 2 aromatic rings. The highest BCUT2D eigenvalue weighted by atomic mass is 16.4. The molecule has 1 fully saturated rings. The van der Waals surface area contributed by atoms with Gasteiger partial charge < -0.3 is 15.4 Å². The van der Waals surface area contributed by atoms with E-state index in [1.54, 1.807) is 0 Å². The maximum atomic E-state index is 12.0. The highest BCUT2D eigenvalue weighted by Gasteiger charge is 2.45. The average Bonchev–Trinajstić information content (AvgIpc) is 2.87. The number of nitrogens with one attached hydrogen (secondary N) is 2. The summed E-state index contributed by atoms with van der Waals surface area (Å²) in [4.78, 5) is 26.3. The molecule has 21 heavy (non-hydrogen) atoms. The van der Waals surface area contributed by atoms with Crippen LogP contribution in [0.3, 0.4) is 0 Å². The van der Waals surface area contributed by atoms with Gasteiger partial charge in [0.25, 0.3) is 0 Å². The van der Waals surface area contributed by atoms with Gasteiger partial charge in [0.2, 0.25) is 5.91 Å². The number of carbonyl (C=O) groups excluding carboxylic acids is 1. The summed E-state index contributed by atoms with van der Waals surface area (Å²) in [5, 5.41) is 13.0. The van der Waals surface area contributed by atoms with Crippen LogP contribution in [0.25, 0.3) is 10.9 Å². The highest BCUT2D eigenvalue weighted by molar-refractivity contribution is 5.88. The molecule has 0 bridgehead atoms. The van der Waals surface area contributed by atoms with E-state index in [0.717, 1.165) is 22.9 Å². The van der Waals surface area contributed by atoms with Gasteiger partial charge in [-0.15, -0.1) is 0 Å². The number of aromatic nitrogens is 1. The number of carboxylic acids is 1. The number of hydrogen-bond donors (Lipinski definition) is 3. The van der Waals surface area contributed by atoms with Crippen LogP contribution < -0.4 is 5.32 Å². The minimum absolute atomic E-state index is 0.189. The van der Waals surface area contributed by atoms with Gasteiger partial charge in [-0.25, -0.2) is 4.79 Å². The summed E-state index contributed by atoms with van der Waals surface area (Å²) in [5.74, 6) is -1.11. The third-order valence-corrected chi connectivity index (χ3v) is 4.25. The Hall–Kier alpha value is -2.30. The summed E-state index contributed by atoms with van der Waals surface area (Å²) in [6.45, 7) is 0. The SMILES string of the molecule is O=C(CCc1ccc2[nH]ccc2c1)NC1(C(=O)O)CCC1. The number of hydrogen-bond acceptors (Lipinski definition) is 2. The fraction of sp³-hybridized carbons (Fsp3) is 0.375. The van der Waals surface area contributed by atoms with Gasteiger partial charge in [0.15, 0.2) is 0 Å². The molecule has 5 nitrogen and oxygen atoms in total. The third kappa shape index (κ3) is 2.63. The quantitative estimate of drug-likeness (QED) is 0.788. The van der Waals surface area contributed by atoms with Gasteiger partial charge in [-0.1, -0.05) is 6.07 Å². The Balaban J connectivity index is 1.59. The summed E-state index contributed by atoms with van der Waals surface area (Å²) in [5.41, 5.74) is 1.14. The molecular weight excluding hydrogens is 268 g/mol. The van der Waals surface area contributed by atoms with Gasteiger partial charge in [0.05, 0.1) is 0 Å². The van der Waals surface area contributed by atoms with Crippen molar-refractivity contribution < 1.29 is 14.7 Å². The molecule has 0 spiro atoms. The lowest BCUT2D eigenvalue weighted by molar-refractivity contribution is -0.151. The second-order valence-corrected chi connectivity index (χ2v) is 5.69. The molecule has 1 aliphatic carbocycles. The first-order valence-corrected chi connectivity index (χ1v) is 7.19. The van der Waals surface area contributed by atoms with Crippen LogP contribution in [-0.4, -0.2) is 27.5 Å². The predicted molar refractivity (Wildman–Crippen MR) is 79.0 cm³/mol. The second kappa shape index (κ2) is 5.24. The van der Waals surface area contributed by atoms with Crippen molar-refractivity contribution >= 4 is 22.8 Å². The van der Waals surface area contributed by atoms with Gasteiger partial charge in [0.1, 0.15) is 5.54 Å². The lowest BCUT2D eigenvalue weighted by Gasteiger charge is -2.38. The average molecular weight is 286 g/mol. The smallest absolute Gasteiger partial charge is 0.329 e. The van der Waals surface area contributed by atoms with E-state index in [4.69, 9.17) is 0 Å². The van der Waals surface area contributed by atoms with E-state index < -0.39 is 11.5 Å². The van der Waals surface area contributed by atoms with E-state index in [9.17, 15) is 14.7 Å². The Labute approximate surface area is 122 Å². The molecule has 1 heterocycles. The molecule has 1 aliphatic rings. The fourth-order valence-electron chi connectivity index (χ4n) is 2.77. The zero-order valence-corrected chi connectivity index (χ0v) is 11.7. The molecular formula is C16H18N2O3. The van der Waals surface area contributed by atoms with E-state index >= 15 is 0 Å². The highest BCUT2D eigenvalue weighted by Crippen LogP contribution is 2.32. The van der Waals surface area contributed by atoms with Crippen LogP contribution in [0.15, 0.2) is 30.5 Å². The number of aryl methyl sites for hydroxylation is 1. The number of carboxylic acid groups (broad SMARTS) is 1. The Morgan fingerprint density at radius 2 is 2.10 bits per heavy atom. The summed E-state index contributed by atoms with van der Waals surface area (Å²) < 4.78 is 0. The van der Waals surface area contributed by atoms with Crippen LogP contribution in [0.5, 0.6) is 0 Å². The second-order valence-electron chi connectivity index (χ2n) is 5.69. The lowest BCUT2D eigenvalue weighted by Crippen LogP contribution is -2.59. The number of carbonyl (C=O) groups is 2. The minimum Gasteiger partial charge on any atom is -0.480 e. The Morgan fingerprint density at radius 1 is 1.29 bits per heavy atom. The van der Waals surface area contributed by atoms with Gasteiger partial charge in [0, 0.05) is 18.1 Å².